The fourth-order valence-corrected chi connectivity index (χ4v) is 2.94. The minimum atomic E-state index is 0. The van der Waals surface area contributed by atoms with Gasteiger partial charge in [-0.25, -0.2) is 9.97 Å². The third-order valence-corrected chi connectivity index (χ3v) is 4.04. The van der Waals surface area contributed by atoms with Crippen LogP contribution in [0.3, 0.4) is 0 Å². The van der Waals surface area contributed by atoms with Crippen molar-refractivity contribution in [2.24, 2.45) is 0 Å². The number of aromatic amines is 2. The SMILES string of the molecule is C1=Cc2cc3ccc(cc4ccc(cc5nc(cc1n2)C=C5)[nH]4)[nH]3.[Fe].[Pd]. The molecular formula is C20H14FeN4Pd. The van der Waals surface area contributed by atoms with Crippen LogP contribution in [0.2, 0.25) is 0 Å². The van der Waals surface area contributed by atoms with Crippen LogP contribution in [0.15, 0.2) is 48.5 Å². The summed E-state index contributed by atoms with van der Waals surface area (Å²) in [5, 5.41) is 0. The van der Waals surface area contributed by atoms with Crippen molar-refractivity contribution in [3.05, 3.63) is 71.3 Å². The summed E-state index contributed by atoms with van der Waals surface area (Å²) in [6, 6.07) is 16.4. The van der Waals surface area contributed by atoms with Gasteiger partial charge in [-0.05, 0) is 72.8 Å². The molecule has 2 N–H and O–H groups in total. The van der Waals surface area contributed by atoms with Crippen LogP contribution in [-0.2, 0) is 37.5 Å². The zero-order chi connectivity index (χ0) is 15.9. The molecule has 8 bridgehead atoms. The van der Waals surface area contributed by atoms with Crippen LogP contribution in [-0.4, -0.2) is 19.9 Å². The molecule has 0 aromatic carbocycles. The maximum absolute atomic E-state index is 4.62. The molecule has 4 nitrogen and oxygen atoms in total. The van der Waals surface area contributed by atoms with Crippen LogP contribution >= 0.6 is 0 Å². The Bertz CT molecular complexity index is 1080. The molecule has 0 unspecified atom stereocenters. The van der Waals surface area contributed by atoms with Crippen LogP contribution in [0.25, 0.3) is 46.4 Å². The Balaban J connectivity index is 0.000000980. The van der Waals surface area contributed by atoms with E-state index in [0.717, 1.165) is 44.8 Å². The van der Waals surface area contributed by atoms with E-state index in [1.807, 2.05) is 42.5 Å². The van der Waals surface area contributed by atoms with E-state index in [-0.39, 0.29) is 37.5 Å². The summed E-state index contributed by atoms with van der Waals surface area (Å²) in [6.45, 7) is 0. The first-order valence-electron chi connectivity index (χ1n) is 7.85. The second kappa shape index (κ2) is 7.57. The number of fused-ring (bicyclic) bond motifs is 8. The van der Waals surface area contributed by atoms with Crippen LogP contribution in [0.1, 0.15) is 22.8 Å². The molecule has 2 aliphatic rings. The normalized spacial score (nSPS) is 11.7. The maximum atomic E-state index is 4.62. The summed E-state index contributed by atoms with van der Waals surface area (Å²) >= 11 is 0. The van der Waals surface area contributed by atoms with Crippen molar-refractivity contribution in [2.45, 2.75) is 0 Å². The number of hydrogen-bond donors (Lipinski definition) is 2. The minimum Gasteiger partial charge on any atom is -0.355 e. The van der Waals surface area contributed by atoms with Crippen LogP contribution in [0, 0.1) is 0 Å². The third-order valence-electron chi connectivity index (χ3n) is 4.04. The van der Waals surface area contributed by atoms with Gasteiger partial charge in [-0.15, -0.1) is 0 Å². The predicted molar refractivity (Wildman–Crippen MR) is 98.9 cm³/mol. The van der Waals surface area contributed by atoms with Crippen molar-refractivity contribution >= 4 is 46.4 Å². The molecule has 0 fully saturated rings. The number of aromatic nitrogens is 4. The Morgan fingerprint density at radius 2 is 0.846 bits per heavy atom. The van der Waals surface area contributed by atoms with Gasteiger partial charge in [0.1, 0.15) is 0 Å². The van der Waals surface area contributed by atoms with Gasteiger partial charge in [0, 0.05) is 59.6 Å². The first-order chi connectivity index (χ1) is 11.8. The van der Waals surface area contributed by atoms with Gasteiger partial charge in [0.15, 0.2) is 0 Å². The van der Waals surface area contributed by atoms with E-state index in [4.69, 9.17) is 0 Å². The minimum absolute atomic E-state index is 0. The molecule has 0 saturated heterocycles. The second-order valence-corrected chi connectivity index (χ2v) is 5.91. The molecule has 0 spiro atoms. The van der Waals surface area contributed by atoms with Crippen LogP contribution < -0.4 is 0 Å². The van der Waals surface area contributed by atoms with Crippen molar-refractivity contribution in [1.29, 1.82) is 0 Å². The zero-order valence-electron chi connectivity index (χ0n) is 13.5. The summed E-state index contributed by atoms with van der Waals surface area (Å²) in [7, 11) is 0. The van der Waals surface area contributed by atoms with E-state index in [0.29, 0.717) is 0 Å². The summed E-state index contributed by atoms with van der Waals surface area (Å²) < 4.78 is 0. The van der Waals surface area contributed by atoms with E-state index in [9.17, 15) is 0 Å². The van der Waals surface area contributed by atoms with Gasteiger partial charge in [-0.2, -0.15) is 0 Å². The third kappa shape index (κ3) is 3.80. The molecule has 3 aromatic heterocycles. The Morgan fingerprint density at radius 1 is 0.500 bits per heavy atom. The molecule has 0 radical (unpaired) electrons. The second-order valence-electron chi connectivity index (χ2n) is 5.91. The molecule has 2 aliphatic heterocycles. The van der Waals surface area contributed by atoms with Gasteiger partial charge in [-0.3, -0.25) is 0 Å². The number of nitrogens with zero attached hydrogens (tertiary/aromatic N) is 2. The molecule has 5 rings (SSSR count). The number of rotatable bonds is 0. The Kier molecular flexibility index (Phi) is 5.41. The number of hydrogen-bond acceptors (Lipinski definition) is 2. The summed E-state index contributed by atoms with van der Waals surface area (Å²) in [4.78, 5) is 16.0. The van der Waals surface area contributed by atoms with Crippen molar-refractivity contribution in [1.82, 2.24) is 19.9 Å². The molecule has 26 heavy (non-hydrogen) atoms. The molecule has 3 aromatic rings. The van der Waals surface area contributed by atoms with Gasteiger partial charge in [0.05, 0.1) is 22.8 Å². The van der Waals surface area contributed by atoms with Gasteiger partial charge in [-0.1, -0.05) is 0 Å². The van der Waals surface area contributed by atoms with Gasteiger partial charge >= 0.3 is 0 Å². The molecule has 6 heteroatoms. The van der Waals surface area contributed by atoms with Gasteiger partial charge in [0.2, 0.25) is 0 Å². The summed E-state index contributed by atoms with van der Waals surface area (Å²) in [6.07, 6.45) is 8.05. The Labute approximate surface area is 174 Å². The molecule has 0 saturated carbocycles. The zero-order valence-corrected chi connectivity index (χ0v) is 16.2. The number of nitrogens with one attached hydrogen (secondary N) is 2. The van der Waals surface area contributed by atoms with E-state index >= 15 is 0 Å². The number of H-pyrrole nitrogens is 2. The first kappa shape index (κ1) is 18.6. The fraction of sp³-hybridized carbons (Fsp3) is 0. The van der Waals surface area contributed by atoms with Crippen LogP contribution in [0.5, 0.6) is 0 Å². The first-order valence-corrected chi connectivity index (χ1v) is 7.85. The molecular weight excluding hydrogens is 459 g/mol. The van der Waals surface area contributed by atoms with Crippen molar-refractivity contribution < 1.29 is 37.5 Å². The summed E-state index contributed by atoms with van der Waals surface area (Å²) in [5.74, 6) is 0. The Morgan fingerprint density at radius 3 is 1.27 bits per heavy atom. The van der Waals surface area contributed by atoms with Crippen molar-refractivity contribution in [2.75, 3.05) is 0 Å². The van der Waals surface area contributed by atoms with Crippen LogP contribution in [0.4, 0.5) is 0 Å². The molecule has 5 heterocycles. The topological polar surface area (TPSA) is 57.4 Å². The van der Waals surface area contributed by atoms with Gasteiger partial charge in [0.25, 0.3) is 0 Å². The largest absolute Gasteiger partial charge is 0.355 e. The van der Waals surface area contributed by atoms with E-state index in [1.165, 1.54) is 0 Å². The average Bonchev–Trinajstić information content (AvgIpc) is 3.32. The van der Waals surface area contributed by atoms with Crippen molar-refractivity contribution in [3.63, 3.8) is 0 Å². The van der Waals surface area contributed by atoms with E-state index in [2.05, 4.69) is 50.3 Å². The quantitative estimate of drug-likeness (QED) is 0.322. The van der Waals surface area contributed by atoms with Gasteiger partial charge < -0.3 is 9.97 Å². The maximum Gasteiger partial charge on any atom is 0.0659 e. The van der Waals surface area contributed by atoms with E-state index < -0.39 is 0 Å². The molecule has 132 valence electrons. The average molecular weight is 473 g/mol. The summed E-state index contributed by atoms with van der Waals surface area (Å²) in [5.41, 5.74) is 7.86. The monoisotopic (exact) mass is 472 g/mol. The van der Waals surface area contributed by atoms with E-state index in [1.54, 1.807) is 0 Å². The Hall–Kier alpha value is -2.22. The standard InChI is InChI=1S/C20H14N4.Fe.Pd/c1-2-14-10-16-5-6-18(23-16)12-20-8-7-19(24-20)11-17-4-3-15(22-17)9-13(1)21-14;;/h1-12,21-22H;;. The molecule has 0 aliphatic carbocycles. The predicted octanol–water partition coefficient (Wildman–Crippen LogP) is 4.65. The fourth-order valence-electron chi connectivity index (χ4n) is 2.94. The molecule has 0 atom stereocenters. The molecule has 0 amide bonds. The smallest absolute Gasteiger partial charge is 0.0659 e. The van der Waals surface area contributed by atoms with Crippen molar-refractivity contribution in [3.8, 4) is 0 Å².